The van der Waals surface area contributed by atoms with Gasteiger partial charge in [-0.05, 0) is 40.5 Å². The summed E-state index contributed by atoms with van der Waals surface area (Å²) in [5, 5.41) is 7.51. The highest BCUT2D eigenvalue weighted by molar-refractivity contribution is 9.10. The lowest BCUT2D eigenvalue weighted by molar-refractivity contribution is 0.936. The van der Waals surface area contributed by atoms with Gasteiger partial charge in [0.25, 0.3) is 0 Å². The molecule has 88 valence electrons. The summed E-state index contributed by atoms with van der Waals surface area (Å²) in [7, 11) is 0. The van der Waals surface area contributed by atoms with Gasteiger partial charge in [-0.25, -0.2) is 4.68 Å². The molecule has 0 fully saturated rings. The van der Waals surface area contributed by atoms with Crippen molar-refractivity contribution < 1.29 is 0 Å². The third-order valence-electron chi connectivity index (χ3n) is 2.45. The topological polar surface area (TPSA) is 29.9 Å². The van der Waals surface area contributed by atoms with Crippen molar-refractivity contribution in [3.05, 3.63) is 52.8 Å². The van der Waals surface area contributed by atoms with Crippen LogP contribution in [0.5, 0.6) is 0 Å². The van der Waals surface area contributed by atoms with Crippen molar-refractivity contribution in [2.75, 3.05) is 5.32 Å². The zero-order valence-corrected chi connectivity index (χ0v) is 11.2. The average Bonchev–Trinajstić information content (AvgIpc) is 2.78. The molecule has 0 aliphatic heterocycles. The molecule has 0 saturated heterocycles. The number of benzene rings is 1. The zero-order valence-electron chi connectivity index (χ0n) is 9.65. The zero-order chi connectivity index (χ0) is 12.3. The Morgan fingerprint density at radius 3 is 3.06 bits per heavy atom. The Bertz CT molecular complexity index is 531. The van der Waals surface area contributed by atoms with Crippen LogP contribution in [0.15, 0.2) is 41.6 Å². The lowest BCUT2D eigenvalue weighted by Gasteiger charge is -2.08. The van der Waals surface area contributed by atoms with Crippen LogP contribution in [0.2, 0.25) is 0 Å². The fourth-order valence-electron chi connectivity index (χ4n) is 1.54. The van der Waals surface area contributed by atoms with Gasteiger partial charge in [-0.15, -0.1) is 0 Å². The Morgan fingerprint density at radius 2 is 2.35 bits per heavy atom. The first-order chi connectivity index (χ1) is 8.19. The van der Waals surface area contributed by atoms with Crippen molar-refractivity contribution in [2.24, 2.45) is 0 Å². The van der Waals surface area contributed by atoms with Crippen molar-refractivity contribution in [2.45, 2.75) is 13.5 Å². The highest BCUT2D eigenvalue weighted by atomic mass is 79.9. The van der Waals surface area contributed by atoms with Crippen molar-refractivity contribution in [3.63, 3.8) is 0 Å². The van der Waals surface area contributed by atoms with E-state index in [0.717, 1.165) is 22.3 Å². The number of nitrogens with zero attached hydrogens (tertiary/aromatic N) is 2. The largest absolute Gasteiger partial charge is 0.380 e. The number of hydrogen-bond acceptors (Lipinski definition) is 2. The smallest absolute Gasteiger partial charge is 0.0543 e. The highest BCUT2D eigenvalue weighted by Gasteiger charge is 2.01. The third kappa shape index (κ3) is 2.97. The van der Waals surface area contributed by atoms with Gasteiger partial charge in [-0.3, -0.25) is 0 Å². The van der Waals surface area contributed by atoms with E-state index in [1.807, 2.05) is 18.5 Å². The molecule has 2 aromatic rings. The Morgan fingerprint density at radius 1 is 1.53 bits per heavy atom. The van der Waals surface area contributed by atoms with E-state index in [4.69, 9.17) is 0 Å². The lowest BCUT2D eigenvalue weighted by atomic mass is 10.2. The second-order valence-corrected chi connectivity index (χ2v) is 4.70. The van der Waals surface area contributed by atoms with E-state index in [9.17, 15) is 0 Å². The molecule has 0 saturated carbocycles. The molecule has 1 aromatic carbocycles. The fraction of sp³-hybridized carbons (Fsp3) is 0.154. The molecular weight excluding hydrogens is 278 g/mol. The number of rotatable bonds is 4. The van der Waals surface area contributed by atoms with E-state index < -0.39 is 0 Å². The minimum atomic E-state index is 0.746. The van der Waals surface area contributed by atoms with Gasteiger partial charge in [0.1, 0.15) is 0 Å². The van der Waals surface area contributed by atoms with Gasteiger partial charge in [0.15, 0.2) is 0 Å². The minimum Gasteiger partial charge on any atom is -0.380 e. The van der Waals surface area contributed by atoms with Gasteiger partial charge < -0.3 is 5.32 Å². The van der Waals surface area contributed by atoms with E-state index in [1.54, 1.807) is 10.9 Å². The van der Waals surface area contributed by atoms with E-state index in [-0.39, 0.29) is 0 Å². The molecule has 0 atom stereocenters. The van der Waals surface area contributed by atoms with Crippen LogP contribution in [0.3, 0.4) is 0 Å². The molecule has 1 heterocycles. The molecule has 1 aromatic heterocycles. The third-order valence-corrected chi connectivity index (χ3v) is 3.14. The van der Waals surface area contributed by atoms with Gasteiger partial charge in [0.2, 0.25) is 0 Å². The molecule has 2 rings (SSSR count). The molecule has 0 aliphatic carbocycles. The number of aromatic nitrogens is 2. The maximum Gasteiger partial charge on any atom is 0.0543 e. The van der Waals surface area contributed by atoms with Crippen LogP contribution < -0.4 is 5.32 Å². The lowest BCUT2D eigenvalue weighted by Crippen LogP contribution is -1.99. The van der Waals surface area contributed by atoms with E-state index in [1.165, 1.54) is 5.56 Å². The summed E-state index contributed by atoms with van der Waals surface area (Å²) < 4.78 is 2.77. The van der Waals surface area contributed by atoms with E-state index >= 15 is 0 Å². The van der Waals surface area contributed by atoms with Crippen LogP contribution in [0.4, 0.5) is 5.69 Å². The molecule has 0 bridgehead atoms. The number of halogens is 1. The van der Waals surface area contributed by atoms with Gasteiger partial charge in [0.05, 0.1) is 6.20 Å². The van der Waals surface area contributed by atoms with Crippen LogP contribution in [0, 0.1) is 6.92 Å². The Balaban J connectivity index is 2.06. The number of aryl methyl sites for hydroxylation is 1. The maximum absolute atomic E-state index is 4.13. The van der Waals surface area contributed by atoms with Crippen LogP contribution in [-0.2, 0) is 6.54 Å². The first-order valence-electron chi connectivity index (χ1n) is 5.34. The minimum absolute atomic E-state index is 0.746. The first kappa shape index (κ1) is 11.9. The summed E-state index contributed by atoms with van der Waals surface area (Å²) in [6.45, 7) is 6.48. The van der Waals surface area contributed by atoms with Crippen LogP contribution in [0.25, 0.3) is 6.20 Å². The predicted molar refractivity (Wildman–Crippen MR) is 74.8 cm³/mol. The summed E-state index contributed by atoms with van der Waals surface area (Å²) in [5.74, 6) is 0. The van der Waals surface area contributed by atoms with Gasteiger partial charge in [0, 0.05) is 34.7 Å². The molecule has 1 N–H and O–H groups in total. The molecule has 0 spiro atoms. The molecule has 4 heteroatoms. The Kier molecular flexibility index (Phi) is 3.64. The Labute approximate surface area is 109 Å². The molecule has 0 unspecified atom stereocenters. The van der Waals surface area contributed by atoms with E-state index in [2.05, 4.69) is 52.0 Å². The Hall–Kier alpha value is -1.55. The fourth-order valence-corrected chi connectivity index (χ4v) is 1.93. The van der Waals surface area contributed by atoms with Crippen molar-refractivity contribution in [1.29, 1.82) is 0 Å². The average molecular weight is 292 g/mol. The maximum atomic E-state index is 4.13. The molecule has 3 nitrogen and oxygen atoms in total. The molecule has 17 heavy (non-hydrogen) atoms. The first-order valence-corrected chi connectivity index (χ1v) is 6.14. The second-order valence-electron chi connectivity index (χ2n) is 3.85. The summed E-state index contributed by atoms with van der Waals surface area (Å²) >= 11 is 3.52. The van der Waals surface area contributed by atoms with Crippen molar-refractivity contribution >= 4 is 27.8 Å². The summed E-state index contributed by atoms with van der Waals surface area (Å²) in [4.78, 5) is 0. The normalized spacial score (nSPS) is 10.2. The standard InChI is InChI=1S/C13H14BrN3/c1-3-17-9-11(8-16-17)7-15-13-6-10(2)4-5-12(13)14/h3-6,8-9,15H,1,7H2,2H3. The number of anilines is 1. The molecule has 0 amide bonds. The predicted octanol–water partition coefficient (Wildman–Crippen LogP) is 3.67. The van der Waals surface area contributed by atoms with Crippen molar-refractivity contribution in [3.8, 4) is 0 Å². The SMILES string of the molecule is C=Cn1cc(CNc2cc(C)ccc2Br)cn1. The van der Waals surface area contributed by atoms with Crippen LogP contribution >= 0.6 is 15.9 Å². The monoisotopic (exact) mass is 291 g/mol. The van der Waals surface area contributed by atoms with E-state index in [0.29, 0.717) is 0 Å². The molecule has 0 radical (unpaired) electrons. The molecular formula is C13H14BrN3. The highest BCUT2D eigenvalue weighted by Crippen LogP contribution is 2.23. The molecule has 0 aliphatic rings. The second kappa shape index (κ2) is 5.19. The van der Waals surface area contributed by atoms with Crippen molar-refractivity contribution in [1.82, 2.24) is 9.78 Å². The van der Waals surface area contributed by atoms with Gasteiger partial charge in [-0.2, -0.15) is 5.10 Å². The van der Waals surface area contributed by atoms with Gasteiger partial charge in [-0.1, -0.05) is 12.6 Å². The summed E-state index contributed by atoms with van der Waals surface area (Å²) in [5.41, 5.74) is 3.45. The number of hydrogen-bond donors (Lipinski definition) is 1. The van der Waals surface area contributed by atoms with Crippen LogP contribution in [0.1, 0.15) is 11.1 Å². The number of nitrogens with one attached hydrogen (secondary N) is 1. The summed E-state index contributed by atoms with van der Waals surface area (Å²) in [6, 6.07) is 6.23. The van der Waals surface area contributed by atoms with Gasteiger partial charge >= 0.3 is 0 Å². The summed E-state index contributed by atoms with van der Waals surface area (Å²) in [6.07, 6.45) is 5.45. The quantitative estimate of drug-likeness (QED) is 0.932. The van der Waals surface area contributed by atoms with Crippen LogP contribution in [-0.4, -0.2) is 9.78 Å².